The Morgan fingerprint density at radius 2 is 2.00 bits per heavy atom. The molecule has 0 aromatic rings. The summed E-state index contributed by atoms with van der Waals surface area (Å²) < 4.78 is 5.48. The normalized spacial score (nSPS) is 38.8. The number of nitrogens with two attached hydrogens (primary N) is 1. The van der Waals surface area contributed by atoms with Gasteiger partial charge in [0.1, 0.15) is 0 Å². The van der Waals surface area contributed by atoms with Crippen LogP contribution < -0.4 is 5.73 Å². The van der Waals surface area contributed by atoms with Crippen molar-refractivity contribution in [2.75, 3.05) is 33.4 Å². The van der Waals surface area contributed by atoms with Crippen molar-refractivity contribution in [2.24, 2.45) is 17.1 Å². The van der Waals surface area contributed by atoms with Crippen LogP contribution >= 0.6 is 0 Å². The number of rotatable bonds is 4. The Morgan fingerprint density at radius 3 is 2.53 bits per heavy atom. The van der Waals surface area contributed by atoms with E-state index < -0.39 is 0 Å². The fraction of sp³-hybridized carbons (Fsp3) is 1.00. The molecule has 2 rings (SSSR count). The lowest BCUT2D eigenvalue weighted by Crippen LogP contribution is -2.46. The summed E-state index contributed by atoms with van der Waals surface area (Å²) in [7, 11) is 2.24. The highest BCUT2D eigenvalue weighted by Crippen LogP contribution is 2.39. The number of nitrogens with zero attached hydrogens (tertiary/aromatic N) is 1. The first-order valence-corrected chi connectivity index (χ1v) is 7.13. The molecule has 2 fully saturated rings. The Kier molecular flexibility index (Phi) is 4.45. The van der Waals surface area contributed by atoms with Crippen molar-refractivity contribution < 1.29 is 4.74 Å². The molecule has 1 unspecified atom stereocenters. The molecule has 0 aromatic heterocycles. The zero-order valence-electron chi connectivity index (χ0n) is 11.5. The summed E-state index contributed by atoms with van der Waals surface area (Å²) in [6.45, 7) is 6.21. The van der Waals surface area contributed by atoms with Gasteiger partial charge in [-0.3, -0.25) is 0 Å². The van der Waals surface area contributed by atoms with Crippen LogP contribution in [0.4, 0.5) is 0 Å². The standard InChI is InChI=1S/C14H28N2O/c1-12-3-6-14(10-15,7-4-12)11-16(2)13-5-8-17-9-13/h12-13H,3-11,15H2,1-2H3. The van der Waals surface area contributed by atoms with Gasteiger partial charge in [0.25, 0.3) is 0 Å². The smallest absolute Gasteiger partial charge is 0.0622 e. The molecule has 1 heterocycles. The summed E-state index contributed by atoms with van der Waals surface area (Å²) in [6.07, 6.45) is 6.51. The number of ether oxygens (including phenoxy) is 1. The number of hydrogen-bond donors (Lipinski definition) is 1. The lowest BCUT2D eigenvalue weighted by molar-refractivity contribution is 0.0792. The van der Waals surface area contributed by atoms with Crippen LogP contribution in [0, 0.1) is 11.3 Å². The van der Waals surface area contributed by atoms with Crippen LogP contribution in [0.1, 0.15) is 39.0 Å². The van der Waals surface area contributed by atoms with E-state index in [1.54, 1.807) is 0 Å². The fourth-order valence-corrected chi connectivity index (χ4v) is 3.33. The van der Waals surface area contributed by atoms with Gasteiger partial charge in [0.15, 0.2) is 0 Å². The molecule has 1 aliphatic carbocycles. The van der Waals surface area contributed by atoms with E-state index in [-0.39, 0.29) is 0 Å². The Labute approximate surface area is 106 Å². The fourth-order valence-electron chi connectivity index (χ4n) is 3.33. The van der Waals surface area contributed by atoms with Gasteiger partial charge < -0.3 is 15.4 Å². The van der Waals surface area contributed by atoms with Crippen molar-refractivity contribution in [3.05, 3.63) is 0 Å². The summed E-state index contributed by atoms with van der Waals surface area (Å²) in [4.78, 5) is 2.50. The van der Waals surface area contributed by atoms with E-state index >= 15 is 0 Å². The molecule has 3 nitrogen and oxygen atoms in total. The van der Waals surface area contributed by atoms with Gasteiger partial charge in [0, 0.05) is 19.2 Å². The molecule has 2 N–H and O–H groups in total. The van der Waals surface area contributed by atoms with Crippen LogP contribution in [-0.2, 0) is 4.74 Å². The van der Waals surface area contributed by atoms with Gasteiger partial charge in [0.05, 0.1) is 6.61 Å². The van der Waals surface area contributed by atoms with Crippen LogP contribution in [0.15, 0.2) is 0 Å². The topological polar surface area (TPSA) is 38.5 Å². The molecule has 0 amide bonds. The van der Waals surface area contributed by atoms with Crippen molar-refractivity contribution >= 4 is 0 Å². The molecule has 0 radical (unpaired) electrons. The van der Waals surface area contributed by atoms with Gasteiger partial charge in [-0.05, 0) is 44.2 Å². The number of likely N-dealkylation sites (N-methyl/N-ethyl adjacent to an activating group) is 1. The Morgan fingerprint density at radius 1 is 1.29 bits per heavy atom. The van der Waals surface area contributed by atoms with Crippen molar-refractivity contribution in [1.82, 2.24) is 4.90 Å². The minimum Gasteiger partial charge on any atom is -0.380 e. The van der Waals surface area contributed by atoms with Crippen molar-refractivity contribution in [2.45, 2.75) is 45.1 Å². The predicted molar refractivity (Wildman–Crippen MR) is 71.0 cm³/mol. The Hall–Kier alpha value is -0.120. The monoisotopic (exact) mass is 240 g/mol. The van der Waals surface area contributed by atoms with Crippen LogP contribution in [-0.4, -0.2) is 44.3 Å². The zero-order valence-corrected chi connectivity index (χ0v) is 11.5. The molecular weight excluding hydrogens is 212 g/mol. The highest BCUT2D eigenvalue weighted by molar-refractivity contribution is 4.89. The first kappa shape index (κ1) is 13.3. The molecule has 0 spiro atoms. The second-order valence-corrected chi connectivity index (χ2v) is 6.32. The van der Waals surface area contributed by atoms with Gasteiger partial charge in [-0.25, -0.2) is 0 Å². The van der Waals surface area contributed by atoms with Crippen LogP contribution in [0.3, 0.4) is 0 Å². The zero-order chi connectivity index (χ0) is 12.3. The minimum atomic E-state index is 0.379. The van der Waals surface area contributed by atoms with E-state index in [0.717, 1.165) is 32.2 Å². The average Bonchev–Trinajstić information content (AvgIpc) is 2.86. The molecule has 17 heavy (non-hydrogen) atoms. The highest BCUT2D eigenvalue weighted by atomic mass is 16.5. The predicted octanol–water partition coefficient (Wildman–Crippen LogP) is 1.86. The average molecular weight is 240 g/mol. The molecule has 2 aliphatic rings. The molecule has 0 aromatic carbocycles. The molecule has 1 atom stereocenters. The molecule has 0 bridgehead atoms. The van der Waals surface area contributed by atoms with Gasteiger partial charge >= 0.3 is 0 Å². The SMILES string of the molecule is CC1CCC(CN)(CN(C)C2CCOC2)CC1. The molecule has 1 saturated carbocycles. The first-order valence-electron chi connectivity index (χ1n) is 7.13. The van der Waals surface area contributed by atoms with Crippen LogP contribution in [0.5, 0.6) is 0 Å². The van der Waals surface area contributed by atoms with E-state index in [2.05, 4.69) is 18.9 Å². The van der Waals surface area contributed by atoms with E-state index in [4.69, 9.17) is 10.5 Å². The van der Waals surface area contributed by atoms with Crippen molar-refractivity contribution in [1.29, 1.82) is 0 Å². The van der Waals surface area contributed by atoms with E-state index in [1.807, 2.05) is 0 Å². The maximum atomic E-state index is 6.07. The first-order chi connectivity index (χ1) is 8.15. The second kappa shape index (κ2) is 5.68. The lowest BCUT2D eigenvalue weighted by Gasteiger charge is -2.42. The summed E-state index contributed by atoms with van der Waals surface area (Å²) in [6, 6.07) is 0.623. The summed E-state index contributed by atoms with van der Waals surface area (Å²) in [5, 5.41) is 0. The summed E-state index contributed by atoms with van der Waals surface area (Å²) in [5.41, 5.74) is 6.45. The largest absolute Gasteiger partial charge is 0.380 e. The highest BCUT2D eigenvalue weighted by Gasteiger charge is 2.35. The summed E-state index contributed by atoms with van der Waals surface area (Å²) >= 11 is 0. The van der Waals surface area contributed by atoms with Gasteiger partial charge in [0.2, 0.25) is 0 Å². The number of hydrogen-bond acceptors (Lipinski definition) is 3. The van der Waals surface area contributed by atoms with Crippen LogP contribution in [0.2, 0.25) is 0 Å². The Bertz CT molecular complexity index is 230. The summed E-state index contributed by atoms with van der Waals surface area (Å²) in [5.74, 6) is 0.898. The van der Waals surface area contributed by atoms with Gasteiger partial charge in [-0.1, -0.05) is 19.8 Å². The maximum absolute atomic E-state index is 6.07. The third-order valence-corrected chi connectivity index (χ3v) is 4.88. The van der Waals surface area contributed by atoms with Crippen molar-refractivity contribution in [3.8, 4) is 0 Å². The van der Waals surface area contributed by atoms with E-state index in [1.165, 1.54) is 32.1 Å². The van der Waals surface area contributed by atoms with E-state index in [9.17, 15) is 0 Å². The molecule has 1 aliphatic heterocycles. The quantitative estimate of drug-likeness (QED) is 0.815. The van der Waals surface area contributed by atoms with Gasteiger partial charge in [-0.2, -0.15) is 0 Å². The lowest BCUT2D eigenvalue weighted by atomic mass is 9.70. The molecule has 3 heteroatoms. The Balaban J connectivity index is 1.89. The van der Waals surface area contributed by atoms with Gasteiger partial charge in [-0.15, -0.1) is 0 Å². The second-order valence-electron chi connectivity index (χ2n) is 6.32. The maximum Gasteiger partial charge on any atom is 0.0622 e. The van der Waals surface area contributed by atoms with Crippen molar-refractivity contribution in [3.63, 3.8) is 0 Å². The van der Waals surface area contributed by atoms with E-state index in [0.29, 0.717) is 11.5 Å². The molecule has 100 valence electrons. The molecule has 1 saturated heterocycles. The third-order valence-electron chi connectivity index (χ3n) is 4.88. The van der Waals surface area contributed by atoms with Crippen LogP contribution in [0.25, 0.3) is 0 Å². The minimum absolute atomic E-state index is 0.379. The molecular formula is C14H28N2O. The third kappa shape index (κ3) is 3.21.